The fourth-order valence-electron chi connectivity index (χ4n) is 5.93. The van der Waals surface area contributed by atoms with Crippen LogP contribution in [-0.4, -0.2) is 74.5 Å². The lowest BCUT2D eigenvalue weighted by Crippen LogP contribution is -2.40. The molecular weight excluding hydrogens is 498 g/mol. The molecule has 1 N–H and O–H groups in total. The summed E-state index contributed by atoms with van der Waals surface area (Å²) in [7, 11) is 1.77. The van der Waals surface area contributed by atoms with Crippen molar-refractivity contribution >= 4 is 16.7 Å². The first-order valence-electron chi connectivity index (χ1n) is 14.5. The highest BCUT2D eigenvalue weighted by atomic mass is 16.5. The summed E-state index contributed by atoms with van der Waals surface area (Å²) in [6.45, 7) is 8.47. The number of nitrogens with zero attached hydrogens (tertiary/aromatic N) is 4. The van der Waals surface area contributed by atoms with E-state index in [4.69, 9.17) is 19.4 Å². The van der Waals surface area contributed by atoms with Crippen LogP contribution in [0.4, 0.5) is 5.82 Å². The standard InChI is InChI=1S/C33H39N5O2/c1-39-31-10-6-5-9-28(31)26-13-16-38(17-14-26)33-29-23-25(24-34-15-18-37-19-21-40-22-20-37)11-12-30(29)35-32(36-33)27-7-3-2-4-8-27/h2-12,23,26,34H,13-22,24H2,1H3. The quantitative estimate of drug-likeness (QED) is 0.298. The highest BCUT2D eigenvalue weighted by molar-refractivity contribution is 5.91. The number of ether oxygens (including phenoxy) is 2. The van der Waals surface area contributed by atoms with Gasteiger partial charge in [0.2, 0.25) is 0 Å². The molecule has 0 atom stereocenters. The maximum Gasteiger partial charge on any atom is 0.162 e. The van der Waals surface area contributed by atoms with Crippen molar-refractivity contribution in [1.29, 1.82) is 0 Å². The number of hydrogen-bond acceptors (Lipinski definition) is 7. The summed E-state index contributed by atoms with van der Waals surface area (Å²) >= 11 is 0. The minimum Gasteiger partial charge on any atom is -0.496 e. The molecule has 2 fully saturated rings. The van der Waals surface area contributed by atoms with E-state index in [1.165, 1.54) is 11.1 Å². The second-order valence-electron chi connectivity index (χ2n) is 10.7. The van der Waals surface area contributed by atoms with E-state index in [0.717, 1.165) is 106 Å². The van der Waals surface area contributed by atoms with Crippen LogP contribution in [0, 0.1) is 0 Å². The van der Waals surface area contributed by atoms with Crippen molar-refractivity contribution in [2.24, 2.45) is 0 Å². The van der Waals surface area contributed by atoms with Gasteiger partial charge < -0.3 is 19.7 Å². The fraction of sp³-hybridized carbons (Fsp3) is 0.394. The molecule has 3 aromatic carbocycles. The lowest BCUT2D eigenvalue weighted by molar-refractivity contribution is 0.0384. The van der Waals surface area contributed by atoms with Gasteiger partial charge in [0.25, 0.3) is 0 Å². The van der Waals surface area contributed by atoms with Crippen LogP contribution < -0.4 is 15.0 Å². The number of fused-ring (bicyclic) bond motifs is 1. The average molecular weight is 538 g/mol. The molecule has 3 heterocycles. The molecule has 40 heavy (non-hydrogen) atoms. The van der Waals surface area contributed by atoms with Crippen LogP contribution in [0.2, 0.25) is 0 Å². The summed E-state index contributed by atoms with van der Waals surface area (Å²) in [5.74, 6) is 3.30. The highest BCUT2D eigenvalue weighted by Gasteiger charge is 2.25. The summed E-state index contributed by atoms with van der Waals surface area (Å²) in [5, 5.41) is 4.76. The summed E-state index contributed by atoms with van der Waals surface area (Å²) in [6, 6.07) is 25.4. The zero-order valence-electron chi connectivity index (χ0n) is 23.4. The maximum atomic E-state index is 5.67. The molecular formula is C33H39N5O2. The van der Waals surface area contributed by atoms with Crippen molar-refractivity contribution < 1.29 is 9.47 Å². The summed E-state index contributed by atoms with van der Waals surface area (Å²) in [4.78, 5) is 15.1. The van der Waals surface area contributed by atoms with Gasteiger partial charge in [-0.1, -0.05) is 54.6 Å². The lowest BCUT2D eigenvalue weighted by atomic mass is 9.88. The SMILES string of the molecule is COc1ccccc1C1CCN(c2nc(-c3ccccc3)nc3ccc(CNCCN4CCOCC4)cc23)CC1. The van der Waals surface area contributed by atoms with E-state index in [9.17, 15) is 0 Å². The van der Waals surface area contributed by atoms with E-state index >= 15 is 0 Å². The minimum absolute atomic E-state index is 0.486. The van der Waals surface area contributed by atoms with E-state index < -0.39 is 0 Å². The number of anilines is 1. The molecule has 0 spiro atoms. The third kappa shape index (κ3) is 6.12. The molecule has 0 unspecified atom stereocenters. The molecule has 208 valence electrons. The van der Waals surface area contributed by atoms with E-state index in [-0.39, 0.29) is 0 Å². The number of rotatable bonds is 9. The topological polar surface area (TPSA) is 62.8 Å². The van der Waals surface area contributed by atoms with E-state index in [0.29, 0.717) is 5.92 Å². The lowest BCUT2D eigenvalue weighted by Gasteiger charge is -2.34. The predicted molar refractivity (Wildman–Crippen MR) is 161 cm³/mol. The van der Waals surface area contributed by atoms with Crippen molar-refractivity contribution in [1.82, 2.24) is 20.2 Å². The fourth-order valence-corrected chi connectivity index (χ4v) is 5.93. The Labute approximate surface area is 237 Å². The van der Waals surface area contributed by atoms with Crippen LogP contribution in [0.25, 0.3) is 22.3 Å². The minimum atomic E-state index is 0.486. The molecule has 7 heteroatoms. The molecule has 2 saturated heterocycles. The van der Waals surface area contributed by atoms with Gasteiger partial charge in [-0.2, -0.15) is 0 Å². The Morgan fingerprint density at radius 1 is 0.900 bits per heavy atom. The number of benzene rings is 3. The van der Waals surface area contributed by atoms with Crippen LogP contribution >= 0.6 is 0 Å². The molecule has 1 aromatic heterocycles. The zero-order valence-corrected chi connectivity index (χ0v) is 23.4. The highest BCUT2D eigenvalue weighted by Crippen LogP contribution is 2.37. The van der Waals surface area contributed by atoms with E-state index in [1.54, 1.807) is 7.11 Å². The van der Waals surface area contributed by atoms with Gasteiger partial charge in [0, 0.05) is 56.8 Å². The third-order valence-electron chi connectivity index (χ3n) is 8.18. The molecule has 0 radical (unpaired) electrons. The summed E-state index contributed by atoms with van der Waals surface area (Å²) in [6.07, 6.45) is 2.13. The van der Waals surface area contributed by atoms with Crippen LogP contribution in [0.15, 0.2) is 72.8 Å². The molecule has 6 rings (SSSR count). The van der Waals surface area contributed by atoms with Crippen LogP contribution in [0.5, 0.6) is 5.75 Å². The molecule has 0 aliphatic carbocycles. The van der Waals surface area contributed by atoms with Gasteiger partial charge in [0.05, 0.1) is 25.8 Å². The van der Waals surface area contributed by atoms with Crippen molar-refractivity contribution in [3.05, 3.63) is 83.9 Å². The van der Waals surface area contributed by atoms with Crippen molar-refractivity contribution in [3.63, 3.8) is 0 Å². The first-order chi connectivity index (χ1) is 19.8. The number of morpholine rings is 1. The summed E-state index contributed by atoms with van der Waals surface area (Å²) in [5.41, 5.74) is 4.61. The first kappa shape index (κ1) is 26.7. The van der Waals surface area contributed by atoms with E-state index in [2.05, 4.69) is 63.6 Å². The summed E-state index contributed by atoms with van der Waals surface area (Å²) < 4.78 is 11.1. The molecule has 0 saturated carbocycles. The molecule has 7 nitrogen and oxygen atoms in total. The molecule has 4 aromatic rings. The van der Waals surface area contributed by atoms with Crippen molar-refractivity contribution in [3.8, 4) is 17.1 Å². The van der Waals surface area contributed by atoms with Crippen LogP contribution in [-0.2, 0) is 11.3 Å². The Kier molecular flexibility index (Phi) is 8.52. The van der Waals surface area contributed by atoms with Gasteiger partial charge in [0.1, 0.15) is 11.6 Å². The van der Waals surface area contributed by atoms with Gasteiger partial charge in [-0.3, -0.25) is 4.90 Å². The Balaban J connectivity index is 1.23. The van der Waals surface area contributed by atoms with Gasteiger partial charge in [0.15, 0.2) is 5.82 Å². The predicted octanol–water partition coefficient (Wildman–Crippen LogP) is 5.11. The molecule has 0 bridgehead atoms. The average Bonchev–Trinajstić information content (AvgIpc) is 3.03. The van der Waals surface area contributed by atoms with Crippen LogP contribution in [0.3, 0.4) is 0 Å². The molecule has 0 amide bonds. The van der Waals surface area contributed by atoms with Gasteiger partial charge in [-0.05, 0) is 48.1 Å². The van der Waals surface area contributed by atoms with E-state index in [1.807, 2.05) is 24.3 Å². The Morgan fingerprint density at radius 3 is 2.48 bits per heavy atom. The number of hydrogen-bond donors (Lipinski definition) is 1. The second kappa shape index (κ2) is 12.8. The van der Waals surface area contributed by atoms with Gasteiger partial charge in [-0.25, -0.2) is 9.97 Å². The smallest absolute Gasteiger partial charge is 0.162 e. The zero-order chi connectivity index (χ0) is 27.1. The Morgan fingerprint density at radius 2 is 1.68 bits per heavy atom. The normalized spacial score (nSPS) is 16.9. The third-order valence-corrected chi connectivity index (χ3v) is 8.18. The molecule has 2 aliphatic heterocycles. The second-order valence-corrected chi connectivity index (χ2v) is 10.7. The number of nitrogens with one attached hydrogen (secondary N) is 1. The number of para-hydroxylation sites is 1. The Bertz CT molecular complexity index is 1400. The number of aromatic nitrogens is 2. The number of piperidine rings is 1. The van der Waals surface area contributed by atoms with Crippen molar-refractivity contribution in [2.75, 3.05) is 64.5 Å². The Hall–Kier alpha value is -3.52. The molecule has 2 aliphatic rings. The van der Waals surface area contributed by atoms with Gasteiger partial charge in [-0.15, -0.1) is 0 Å². The van der Waals surface area contributed by atoms with Crippen molar-refractivity contribution in [2.45, 2.75) is 25.3 Å². The maximum absolute atomic E-state index is 5.67. The number of methoxy groups -OCH3 is 1. The van der Waals surface area contributed by atoms with Gasteiger partial charge >= 0.3 is 0 Å². The largest absolute Gasteiger partial charge is 0.496 e. The monoisotopic (exact) mass is 537 g/mol. The first-order valence-corrected chi connectivity index (χ1v) is 14.5. The van der Waals surface area contributed by atoms with Crippen LogP contribution in [0.1, 0.15) is 29.9 Å².